The zero-order valence-electron chi connectivity index (χ0n) is 14.5. The highest BCUT2D eigenvalue weighted by Crippen LogP contribution is 2.30. The Bertz CT molecular complexity index is 676. The minimum absolute atomic E-state index is 0.559. The van der Waals surface area contributed by atoms with Gasteiger partial charge in [-0.1, -0.05) is 41.9 Å². The van der Waals surface area contributed by atoms with Crippen LogP contribution in [0.2, 0.25) is 5.02 Å². The number of para-hydroxylation sites is 1. The molecule has 4 heteroatoms. The summed E-state index contributed by atoms with van der Waals surface area (Å²) in [5.41, 5.74) is 2.66. The number of hydrogen-bond acceptors (Lipinski definition) is 3. The molecule has 0 spiro atoms. The molecule has 0 radical (unpaired) electrons. The molecule has 2 aliphatic rings. The predicted octanol–water partition coefficient (Wildman–Crippen LogP) is 4.07. The minimum Gasteiger partial charge on any atom is -0.379 e. The summed E-state index contributed by atoms with van der Waals surface area (Å²) in [5, 5.41) is 0.804. The summed E-state index contributed by atoms with van der Waals surface area (Å²) in [5.74, 6) is 0.559. The number of fused-ring (bicyclic) bond motifs is 1. The molecule has 0 saturated carbocycles. The van der Waals surface area contributed by atoms with Gasteiger partial charge in [0.2, 0.25) is 0 Å². The van der Waals surface area contributed by atoms with Crippen LogP contribution in [-0.2, 0) is 11.3 Å². The predicted molar refractivity (Wildman–Crippen MR) is 103 cm³/mol. The molecular weight excluding hydrogens is 332 g/mol. The van der Waals surface area contributed by atoms with Crippen molar-refractivity contribution in [1.82, 2.24) is 4.90 Å². The van der Waals surface area contributed by atoms with Gasteiger partial charge in [-0.25, -0.2) is 0 Å². The molecule has 2 saturated heterocycles. The Morgan fingerprint density at radius 1 is 1.00 bits per heavy atom. The highest BCUT2D eigenvalue weighted by molar-refractivity contribution is 6.30. The maximum atomic E-state index is 6.00. The van der Waals surface area contributed by atoms with Gasteiger partial charge < -0.3 is 9.64 Å². The van der Waals surface area contributed by atoms with E-state index in [1.165, 1.54) is 17.7 Å². The summed E-state index contributed by atoms with van der Waals surface area (Å²) < 4.78 is 5.94. The fraction of sp³-hybridized carbons (Fsp3) is 0.429. The van der Waals surface area contributed by atoms with Crippen molar-refractivity contribution in [1.29, 1.82) is 0 Å². The van der Waals surface area contributed by atoms with Crippen molar-refractivity contribution < 1.29 is 4.74 Å². The van der Waals surface area contributed by atoms with Gasteiger partial charge in [-0.3, -0.25) is 4.90 Å². The number of likely N-dealkylation sites (tertiary alicyclic amines) is 1. The standard InChI is InChI=1S/C21H25ClN2O/c22-19-8-6-17(7-9-19)14-23-11-10-21-18(15-23)16-25-13-12-24(21)20-4-2-1-3-5-20/h1-9,18,21H,10-16H2/t18-,21+/m1/s1. The Balaban J connectivity index is 1.46. The molecule has 4 rings (SSSR count). The highest BCUT2D eigenvalue weighted by Gasteiger charge is 2.35. The van der Waals surface area contributed by atoms with Crippen LogP contribution in [0.15, 0.2) is 54.6 Å². The average Bonchev–Trinajstić information content (AvgIpc) is 2.86. The monoisotopic (exact) mass is 356 g/mol. The van der Waals surface area contributed by atoms with Crippen LogP contribution < -0.4 is 4.90 Å². The molecule has 0 amide bonds. The van der Waals surface area contributed by atoms with Gasteiger partial charge in [-0.15, -0.1) is 0 Å². The summed E-state index contributed by atoms with van der Waals surface area (Å²) in [7, 11) is 0. The first-order valence-electron chi connectivity index (χ1n) is 9.16. The van der Waals surface area contributed by atoms with E-state index >= 15 is 0 Å². The van der Waals surface area contributed by atoms with Crippen LogP contribution in [0.4, 0.5) is 5.69 Å². The molecular formula is C21H25ClN2O. The van der Waals surface area contributed by atoms with Crippen molar-refractivity contribution in [2.24, 2.45) is 5.92 Å². The van der Waals surface area contributed by atoms with Crippen molar-refractivity contribution in [3.63, 3.8) is 0 Å². The average molecular weight is 357 g/mol. The summed E-state index contributed by atoms with van der Waals surface area (Å²) in [6.45, 7) is 5.89. The number of anilines is 1. The van der Waals surface area contributed by atoms with Crippen molar-refractivity contribution >= 4 is 17.3 Å². The van der Waals surface area contributed by atoms with Gasteiger partial charge in [0.25, 0.3) is 0 Å². The lowest BCUT2D eigenvalue weighted by molar-refractivity contribution is 0.0709. The topological polar surface area (TPSA) is 15.7 Å². The molecule has 2 aromatic rings. The van der Waals surface area contributed by atoms with E-state index in [0.29, 0.717) is 12.0 Å². The fourth-order valence-electron chi connectivity index (χ4n) is 4.16. The first-order chi connectivity index (χ1) is 12.3. The van der Waals surface area contributed by atoms with Crippen LogP contribution in [0.1, 0.15) is 12.0 Å². The lowest BCUT2D eigenvalue weighted by Crippen LogP contribution is -2.51. The number of nitrogens with zero attached hydrogens (tertiary/aromatic N) is 2. The lowest BCUT2D eigenvalue weighted by Gasteiger charge is -2.43. The first-order valence-corrected chi connectivity index (χ1v) is 9.53. The number of ether oxygens (including phenoxy) is 1. The van der Waals surface area contributed by atoms with Crippen LogP contribution in [0.3, 0.4) is 0 Å². The van der Waals surface area contributed by atoms with Crippen molar-refractivity contribution in [3.8, 4) is 0 Å². The van der Waals surface area contributed by atoms with Gasteiger partial charge in [-0.2, -0.15) is 0 Å². The molecule has 2 atom stereocenters. The molecule has 2 fully saturated rings. The third-order valence-electron chi connectivity index (χ3n) is 5.39. The maximum absolute atomic E-state index is 6.00. The van der Waals surface area contributed by atoms with Crippen LogP contribution in [0, 0.1) is 5.92 Å². The van der Waals surface area contributed by atoms with Gasteiger partial charge >= 0.3 is 0 Å². The fourth-order valence-corrected chi connectivity index (χ4v) is 4.29. The number of benzene rings is 2. The number of hydrogen-bond donors (Lipinski definition) is 0. The molecule has 25 heavy (non-hydrogen) atoms. The smallest absolute Gasteiger partial charge is 0.0641 e. The van der Waals surface area contributed by atoms with Gasteiger partial charge in [0, 0.05) is 48.8 Å². The number of halogens is 1. The summed E-state index contributed by atoms with van der Waals surface area (Å²) in [6, 6.07) is 19.6. The SMILES string of the molecule is Clc1ccc(CN2CC[C@H]3[C@@H](COCCN3c3ccccc3)C2)cc1. The Kier molecular flexibility index (Phi) is 5.25. The van der Waals surface area contributed by atoms with E-state index < -0.39 is 0 Å². The first kappa shape index (κ1) is 16.9. The molecule has 0 aromatic heterocycles. The second kappa shape index (κ2) is 7.77. The van der Waals surface area contributed by atoms with Crippen molar-refractivity contribution in [3.05, 3.63) is 65.2 Å². The summed E-state index contributed by atoms with van der Waals surface area (Å²) >= 11 is 6.00. The van der Waals surface area contributed by atoms with E-state index in [1.54, 1.807) is 0 Å². The Morgan fingerprint density at radius 3 is 2.60 bits per heavy atom. The molecule has 0 bridgehead atoms. The Labute approximate surface area is 155 Å². The zero-order chi connectivity index (χ0) is 17.1. The minimum atomic E-state index is 0.559. The molecule has 0 aliphatic carbocycles. The Morgan fingerprint density at radius 2 is 1.80 bits per heavy atom. The van der Waals surface area contributed by atoms with Crippen LogP contribution >= 0.6 is 11.6 Å². The van der Waals surface area contributed by atoms with Gasteiger partial charge in [0.1, 0.15) is 0 Å². The highest BCUT2D eigenvalue weighted by atomic mass is 35.5. The van der Waals surface area contributed by atoms with Crippen LogP contribution in [-0.4, -0.2) is 43.8 Å². The second-order valence-electron chi connectivity index (χ2n) is 7.08. The van der Waals surface area contributed by atoms with Gasteiger partial charge in [-0.05, 0) is 36.2 Å². The zero-order valence-corrected chi connectivity index (χ0v) is 15.2. The van der Waals surface area contributed by atoms with E-state index in [9.17, 15) is 0 Å². The molecule has 132 valence electrons. The third kappa shape index (κ3) is 4.00. The Hall–Kier alpha value is -1.55. The third-order valence-corrected chi connectivity index (χ3v) is 5.65. The van der Waals surface area contributed by atoms with E-state index in [2.05, 4.69) is 52.3 Å². The van der Waals surface area contributed by atoms with E-state index in [1.807, 2.05) is 12.1 Å². The maximum Gasteiger partial charge on any atom is 0.0641 e. The quantitative estimate of drug-likeness (QED) is 0.824. The van der Waals surface area contributed by atoms with E-state index in [4.69, 9.17) is 16.3 Å². The van der Waals surface area contributed by atoms with Gasteiger partial charge in [0.15, 0.2) is 0 Å². The van der Waals surface area contributed by atoms with Crippen LogP contribution in [0.5, 0.6) is 0 Å². The second-order valence-corrected chi connectivity index (χ2v) is 7.52. The molecule has 2 aromatic carbocycles. The molecule has 0 N–H and O–H groups in total. The number of piperidine rings is 1. The lowest BCUT2D eigenvalue weighted by atomic mass is 9.90. The van der Waals surface area contributed by atoms with E-state index in [-0.39, 0.29) is 0 Å². The number of rotatable bonds is 3. The normalized spacial score (nSPS) is 24.6. The molecule has 0 unspecified atom stereocenters. The summed E-state index contributed by atoms with van der Waals surface area (Å²) in [6.07, 6.45) is 1.19. The summed E-state index contributed by atoms with van der Waals surface area (Å²) in [4.78, 5) is 5.12. The van der Waals surface area contributed by atoms with E-state index in [0.717, 1.165) is 44.4 Å². The molecule has 2 aliphatic heterocycles. The molecule has 2 heterocycles. The van der Waals surface area contributed by atoms with Gasteiger partial charge in [0.05, 0.1) is 13.2 Å². The van der Waals surface area contributed by atoms with Crippen molar-refractivity contribution in [2.45, 2.75) is 19.0 Å². The van der Waals surface area contributed by atoms with Crippen LogP contribution in [0.25, 0.3) is 0 Å². The largest absolute Gasteiger partial charge is 0.379 e. The van der Waals surface area contributed by atoms with Crippen molar-refractivity contribution in [2.75, 3.05) is 37.7 Å². The molecule has 3 nitrogen and oxygen atoms in total.